The molecule has 1 heterocycles. The highest BCUT2D eigenvalue weighted by atomic mass is 16.4. The van der Waals surface area contributed by atoms with Crippen LogP contribution in [0.15, 0.2) is 0 Å². The van der Waals surface area contributed by atoms with Gasteiger partial charge in [0.1, 0.15) is 0 Å². The normalized spacial score (nSPS) is 37.5. The van der Waals surface area contributed by atoms with Crippen LogP contribution in [0, 0.1) is 23.7 Å². The second-order valence-electron chi connectivity index (χ2n) is 7.04. The molecule has 0 spiro atoms. The fourth-order valence-corrected chi connectivity index (χ4v) is 3.97. The molecule has 2 aliphatic rings. The van der Waals surface area contributed by atoms with Crippen LogP contribution in [0.4, 0.5) is 0 Å². The molecule has 3 heteroatoms. The van der Waals surface area contributed by atoms with Gasteiger partial charge in [-0.25, -0.2) is 0 Å². The van der Waals surface area contributed by atoms with E-state index in [0.29, 0.717) is 12.0 Å². The first kappa shape index (κ1) is 14.8. The van der Waals surface area contributed by atoms with Crippen molar-refractivity contribution in [1.29, 1.82) is 0 Å². The van der Waals surface area contributed by atoms with Crippen LogP contribution < -0.4 is 0 Å². The second-order valence-corrected chi connectivity index (χ2v) is 7.04. The molecule has 110 valence electrons. The fraction of sp³-hybridized carbons (Fsp3) is 0.938. The molecule has 0 aromatic heterocycles. The predicted octanol–water partition coefficient (Wildman–Crippen LogP) is 3.24. The first-order chi connectivity index (χ1) is 8.99. The number of hydrogen-bond acceptors (Lipinski definition) is 2. The van der Waals surface area contributed by atoms with Gasteiger partial charge in [0.15, 0.2) is 0 Å². The summed E-state index contributed by atoms with van der Waals surface area (Å²) in [6, 6.07) is 0.635. The van der Waals surface area contributed by atoms with Crippen LogP contribution in [0.2, 0.25) is 0 Å². The zero-order valence-corrected chi connectivity index (χ0v) is 12.6. The third kappa shape index (κ3) is 3.50. The van der Waals surface area contributed by atoms with Crippen molar-refractivity contribution in [3.8, 4) is 0 Å². The highest BCUT2D eigenvalue weighted by Crippen LogP contribution is 2.34. The van der Waals surface area contributed by atoms with Gasteiger partial charge in [-0.05, 0) is 37.0 Å². The van der Waals surface area contributed by atoms with Gasteiger partial charge in [-0.2, -0.15) is 0 Å². The average Bonchev–Trinajstić information content (AvgIpc) is 2.59. The lowest BCUT2D eigenvalue weighted by Gasteiger charge is -2.27. The molecule has 2 fully saturated rings. The molecule has 0 bridgehead atoms. The maximum atomic E-state index is 11.2. The Kier molecular flexibility index (Phi) is 4.88. The summed E-state index contributed by atoms with van der Waals surface area (Å²) in [7, 11) is 0. The van der Waals surface area contributed by atoms with Crippen molar-refractivity contribution in [2.75, 3.05) is 13.1 Å². The number of carboxylic acids is 1. The van der Waals surface area contributed by atoms with Gasteiger partial charge >= 0.3 is 5.97 Å². The van der Waals surface area contributed by atoms with E-state index in [-0.39, 0.29) is 5.92 Å². The van der Waals surface area contributed by atoms with Crippen molar-refractivity contribution in [3.05, 3.63) is 0 Å². The van der Waals surface area contributed by atoms with E-state index in [1.54, 1.807) is 0 Å². The van der Waals surface area contributed by atoms with E-state index in [2.05, 4.69) is 25.7 Å². The largest absolute Gasteiger partial charge is 0.481 e. The smallest absolute Gasteiger partial charge is 0.308 e. The molecule has 0 amide bonds. The van der Waals surface area contributed by atoms with Crippen LogP contribution in [0.1, 0.15) is 52.9 Å². The highest BCUT2D eigenvalue weighted by molar-refractivity contribution is 5.71. The number of rotatable bonds is 3. The van der Waals surface area contributed by atoms with Crippen LogP contribution in [0.3, 0.4) is 0 Å². The number of carboxylic acid groups (broad SMARTS) is 1. The summed E-state index contributed by atoms with van der Waals surface area (Å²) in [5.41, 5.74) is 0. The Balaban J connectivity index is 1.91. The van der Waals surface area contributed by atoms with Crippen molar-refractivity contribution in [3.63, 3.8) is 0 Å². The van der Waals surface area contributed by atoms with E-state index in [1.807, 2.05) is 0 Å². The maximum Gasteiger partial charge on any atom is 0.308 e. The van der Waals surface area contributed by atoms with Crippen LogP contribution in [0.5, 0.6) is 0 Å². The van der Waals surface area contributed by atoms with E-state index >= 15 is 0 Å². The number of hydrogen-bond donors (Lipinski definition) is 1. The molecule has 3 nitrogen and oxygen atoms in total. The summed E-state index contributed by atoms with van der Waals surface area (Å²) in [6.45, 7) is 8.51. The average molecular weight is 267 g/mol. The Bertz CT molecular complexity index is 316. The molecule has 1 N–H and O–H groups in total. The zero-order chi connectivity index (χ0) is 14.0. The molecule has 1 saturated carbocycles. The molecule has 2 rings (SSSR count). The molecule has 1 aliphatic carbocycles. The molecule has 19 heavy (non-hydrogen) atoms. The predicted molar refractivity (Wildman–Crippen MR) is 77.1 cm³/mol. The molecule has 0 aromatic rings. The Morgan fingerprint density at radius 1 is 1.16 bits per heavy atom. The van der Waals surface area contributed by atoms with Gasteiger partial charge in [0, 0.05) is 19.1 Å². The number of carbonyl (C=O) groups is 1. The van der Waals surface area contributed by atoms with Crippen LogP contribution >= 0.6 is 0 Å². The number of nitrogens with zero attached hydrogens (tertiary/aromatic N) is 1. The van der Waals surface area contributed by atoms with Crippen molar-refractivity contribution in [2.45, 2.75) is 58.9 Å². The summed E-state index contributed by atoms with van der Waals surface area (Å²) >= 11 is 0. The summed E-state index contributed by atoms with van der Waals surface area (Å²) in [4.78, 5) is 13.7. The van der Waals surface area contributed by atoms with Gasteiger partial charge in [0.05, 0.1) is 5.92 Å². The first-order valence-corrected chi connectivity index (χ1v) is 7.96. The van der Waals surface area contributed by atoms with E-state index in [9.17, 15) is 9.90 Å². The molecule has 4 unspecified atom stereocenters. The van der Waals surface area contributed by atoms with Crippen molar-refractivity contribution in [2.24, 2.45) is 23.7 Å². The van der Waals surface area contributed by atoms with Gasteiger partial charge < -0.3 is 5.11 Å². The third-order valence-corrected chi connectivity index (χ3v) is 5.40. The van der Waals surface area contributed by atoms with Gasteiger partial charge in [-0.1, -0.05) is 33.6 Å². The third-order valence-electron chi connectivity index (χ3n) is 5.40. The van der Waals surface area contributed by atoms with Gasteiger partial charge in [-0.3, -0.25) is 9.69 Å². The Morgan fingerprint density at radius 2 is 1.89 bits per heavy atom. The van der Waals surface area contributed by atoms with E-state index in [0.717, 1.165) is 24.9 Å². The minimum atomic E-state index is -0.608. The first-order valence-electron chi connectivity index (χ1n) is 7.96. The van der Waals surface area contributed by atoms with Crippen molar-refractivity contribution in [1.82, 2.24) is 4.90 Å². The molecule has 1 aliphatic heterocycles. The zero-order valence-electron chi connectivity index (χ0n) is 12.6. The van der Waals surface area contributed by atoms with Gasteiger partial charge in [-0.15, -0.1) is 0 Å². The SMILES string of the molecule is CC(C)C1CCCC(N2CC(C)C(C(=O)O)C2)CC1. The molecule has 0 aromatic carbocycles. The lowest BCUT2D eigenvalue weighted by atomic mass is 9.89. The lowest BCUT2D eigenvalue weighted by Crippen LogP contribution is -2.34. The van der Waals surface area contributed by atoms with E-state index in [4.69, 9.17) is 0 Å². The van der Waals surface area contributed by atoms with Crippen molar-refractivity contribution >= 4 is 5.97 Å². The minimum Gasteiger partial charge on any atom is -0.481 e. The standard InChI is InChI=1S/C16H29NO2/c1-11(2)13-5-4-6-14(8-7-13)17-9-12(3)15(10-17)16(18)19/h11-15H,4-10H2,1-3H3,(H,18,19). The van der Waals surface area contributed by atoms with E-state index < -0.39 is 5.97 Å². The monoisotopic (exact) mass is 267 g/mol. The fourth-order valence-electron chi connectivity index (χ4n) is 3.97. The van der Waals surface area contributed by atoms with Crippen molar-refractivity contribution < 1.29 is 9.90 Å². The summed E-state index contributed by atoms with van der Waals surface area (Å²) in [5.74, 6) is 1.22. The maximum absolute atomic E-state index is 11.2. The summed E-state index contributed by atoms with van der Waals surface area (Å²) < 4.78 is 0. The number of aliphatic carboxylic acids is 1. The van der Waals surface area contributed by atoms with Gasteiger partial charge in [0.2, 0.25) is 0 Å². The Hall–Kier alpha value is -0.570. The summed E-state index contributed by atoms with van der Waals surface area (Å²) in [5, 5.41) is 9.24. The number of likely N-dealkylation sites (tertiary alicyclic amines) is 1. The second kappa shape index (κ2) is 6.25. The molecule has 1 saturated heterocycles. The summed E-state index contributed by atoms with van der Waals surface area (Å²) in [6.07, 6.45) is 6.53. The quantitative estimate of drug-likeness (QED) is 0.798. The van der Waals surface area contributed by atoms with Gasteiger partial charge in [0.25, 0.3) is 0 Å². The molecular formula is C16H29NO2. The molecule has 0 radical (unpaired) electrons. The molecule has 4 atom stereocenters. The van der Waals surface area contributed by atoms with Crippen LogP contribution in [-0.2, 0) is 4.79 Å². The van der Waals surface area contributed by atoms with Crippen LogP contribution in [0.25, 0.3) is 0 Å². The minimum absolute atomic E-state index is 0.149. The Morgan fingerprint density at radius 3 is 2.47 bits per heavy atom. The highest BCUT2D eigenvalue weighted by Gasteiger charge is 2.38. The topological polar surface area (TPSA) is 40.5 Å². The Labute approximate surface area is 117 Å². The van der Waals surface area contributed by atoms with E-state index in [1.165, 1.54) is 32.1 Å². The molecular weight excluding hydrogens is 238 g/mol. The van der Waals surface area contributed by atoms with Crippen LogP contribution in [-0.4, -0.2) is 35.1 Å². The lowest BCUT2D eigenvalue weighted by molar-refractivity contribution is -0.142.